The van der Waals surface area contributed by atoms with Crippen LogP contribution in [-0.2, 0) is 6.42 Å². The first-order valence-electron chi connectivity index (χ1n) is 6.26. The van der Waals surface area contributed by atoms with Crippen molar-refractivity contribution in [2.24, 2.45) is 5.73 Å². The highest BCUT2D eigenvalue weighted by Gasteiger charge is 2.07. The minimum absolute atomic E-state index is 0.120. The zero-order chi connectivity index (χ0) is 12.7. The Morgan fingerprint density at radius 1 is 1.53 bits per heavy atom. The maximum atomic E-state index is 11.4. The number of nitrogens with zero attached hydrogens (tertiary/aromatic N) is 1. The van der Waals surface area contributed by atoms with Crippen molar-refractivity contribution in [2.45, 2.75) is 45.6 Å². The molecule has 1 rings (SSSR count). The van der Waals surface area contributed by atoms with Crippen molar-refractivity contribution < 1.29 is 0 Å². The molecule has 5 heteroatoms. The van der Waals surface area contributed by atoms with Gasteiger partial charge in [-0.1, -0.05) is 26.7 Å². The maximum absolute atomic E-state index is 11.4. The zero-order valence-corrected chi connectivity index (χ0v) is 10.6. The standard InChI is InChI=1S/C12H22N4O/c1-3-5-6-9(8-13)14-11-7-12(17)16-10(4-2)15-11/h7,9H,3-6,8,13H2,1-2H3,(H2,14,15,16,17). The highest BCUT2D eigenvalue weighted by Crippen LogP contribution is 2.07. The highest BCUT2D eigenvalue weighted by molar-refractivity contribution is 5.34. The predicted molar refractivity (Wildman–Crippen MR) is 70.2 cm³/mol. The van der Waals surface area contributed by atoms with Crippen LogP contribution in [0.5, 0.6) is 0 Å². The molecule has 1 aromatic rings. The molecule has 0 amide bonds. The van der Waals surface area contributed by atoms with Crippen molar-refractivity contribution in [1.82, 2.24) is 9.97 Å². The molecule has 96 valence electrons. The smallest absolute Gasteiger partial charge is 0.252 e. The normalized spacial score (nSPS) is 12.4. The van der Waals surface area contributed by atoms with E-state index >= 15 is 0 Å². The second kappa shape index (κ2) is 7.06. The molecule has 0 bridgehead atoms. The van der Waals surface area contributed by atoms with E-state index in [1.54, 1.807) is 0 Å². The van der Waals surface area contributed by atoms with Crippen LogP contribution in [-0.4, -0.2) is 22.6 Å². The van der Waals surface area contributed by atoms with Crippen LogP contribution in [0.2, 0.25) is 0 Å². The van der Waals surface area contributed by atoms with E-state index < -0.39 is 0 Å². The molecule has 0 spiro atoms. The number of rotatable bonds is 7. The molecule has 0 aliphatic heterocycles. The molecule has 0 fully saturated rings. The molecule has 0 aliphatic rings. The first-order valence-corrected chi connectivity index (χ1v) is 6.26. The second-order valence-corrected chi connectivity index (χ2v) is 4.15. The lowest BCUT2D eigenvalue weighted by molar-refractivity contribution is 0.611. The van der Waals surface area contributed by atoms with Gasteiger partial charge in [0.25, 0.3) is 5.56 Å². The van der Waals surface area contributed by atoms with Crippen LogP contribution in [0.3, 0.4) is 0 Å². The predicted octanol–water partition coefficient (Wildman–Crippen LogP) is 1.26. The Balaban J connectivity index is 2.71. The molecule has 1 unspecified atom stereocenters. The highest BCUT2D eigenvalue weighted by atomic mass is 16.1. The Kier molecular flexibility index (Phi) is 5.69. The van der Waals surface area contributed by atoms with Gasteiger partial charge in [-0.3, -0.25) is 4.79 Å². The molecule has 1 atom stereocenters. The van der Waals surface area contributed by atoms with E-state index in [-0.39, 0.29) is 11.6 Å². The fourth-order valence-electron chi connectivity index (χ4n) is 1.66. The number of nitrogens with two attached hydrogens (primary N) is 1. The van der Waals surface area contributed by atoms with E-state index in [1.165, 1.54) is 6.07 Å². The summed E-state index contributed by atoms with van der Waals surface area (Å²) in [6.07, 6.45) is 3.98. The quantitative estimate of drug-likeness (QED) is 0.667. The van der Waals surface area contributed by atoms with Crippen LogP contribution in [0.25, 0.3) is 0 Å². The summed E-state index contributed by atoms with van der Waals surface area (Å²) in [6.45, 7) is 4.66. The Labute approximate surface area is 102 Å². The summed E-state index contributed by atoms with van der Waals surface area (Å²) in [4.78, 5) is 18.4. The number of nitrogens with one attached hydrogen (secondary N) is 2. The average molecular weight is 238 g/mol. The van der Waals surface area contributed by atoms with Crippen molar-refractivity contribution in [2.75, 3.05) is 11.9 Å². The van der Waals surface area contributed by atoms with Crippen molar-refractivity contribution in [3.8, 4) is 0 Å². The summed E-state index contributed by atoms with van der Waals surface area (Å²) in [5.74, 6) is 1.32. The number of hydrogen-bond acceptors (Lipinski definition) is 4. The summed E-state index contributed by atoms with van der Waals surface area (Å²) >= 11 is 0. The van der Waals surface area contributed by atoms with Crippen LogP contribution in [0, 0.1) is 0 Å². The molecule has 17 heavy (non-hydrogen) atoms. The van der Waals surface area contributed by atoms with E-state index in [2.05, 4.69) is 22.2 Å². The van der Waals surface area contributed by atoms with Gasteiger partial charge in [0.05, 0.1) is 0 Å². The van der Waals surface area contributed by atoms with Gasteiger partial charge in [0.1, 0.15) is 11.6 Å². The van der Waals surface area contributed by atoms with E-state index in [0.29, 0.717) is 24.6 Å². The van der Waals surface area contributed by atoms with Crippen molar-refractivity contribution in [3.05, 3.63) is 22.2 Å². The van der Waals surface area contributed by atoms with Gasteiger partial charge < -0.3 is 16.0 Å². The zero-order valence-electron chi connectivity index (χ0n) is 10.6. The molecule has 0 aliphatic carbocycles. The maximum Gasteiger partial charge on any atom is 0.252 e. The lowest BCUT2D eigenvalue weighted by atomic mass is 10.1. The third kappa shape index (κ3) is 4.56. The van der Waals surface area contributed by atoms with E-state index in [0.717, 1.165) is 19.3 Å². The van der Waals surface area contributed by atoms with Crippen molar-refractivity contribution in [3.63, 3.8) is 0 Å². The Morgan fingerprint density at radius 2 is 2.29 bits per heavy atom. The van der Waals surface area contributed by atoms with Crippen LogP contribution >= 0.6 is 0 Å². The lowest BCUT2D eigenvalue weighted by Crippen LogP contribution is -2.30. The first-order chi connectivity index (χ1) is 8.19. The minimum Gasteiger partial charge on any atom is -0.366 e. The fraction of sp³-hybridized carbons (Fsp3) is 0.667. The van der Waals surface area contributed by atoms with Gasteiger partial charge in [-0.25, -0.2) is 4.98 Å². The van der Waals surface area contributed by atoms with Gasteiger partial charge in [0, 0.05) is 25.1 Å². The SMILES string of the molecule is CCCCC(CN)Nc1cc(=O)[nH]c(CC)n1. The van der Waals surface area contributed by atoms with E-state index in [9.17, 15) is 4.79 Å². The van der Waals surface area contributed by atoms with Crippen LogP contribution in [0.4, 0.5) is 5.82 Å². The molecule has 1 heterocycles. The van der Waals surface area contributed by atoms with E-state index in [1.807, 2.05) is 6.92 Å². The third-order valence-corrected chi connectivity index (χ3v) is 2.67. The summed E-state index contributed by atoms with van der Waals surface area (Å²) in [6, 6.07) is 1.67. The number of anilines is 1. The van der Waals surface area contributed by atoms with Gasteiger partial charge in [-0.05, 0) is 6.42 Å². The van der Waals surface area contributed by atoms with Gasteiger partial charge in [-0.15, -0.1) is 0 Å². The monoisotopic (exact) mass is 238 g/mol. The number of aromatic amines is 1. The Hall–Kier alpha value is -1.36. The molecule has 5 nitrogen and oxygen atoms in total. The fourth-order valence-corrected chi connectivity index (χ4v) is 1.66. The topological polar surface area (TPSA) is 83.8 Å². The van der Waals surface area contributed by atoms with Gasteiger partial charge >= 0.3 is 0 Å². The van der Waals surface area contributed by atoms with Crippen molar-refractivity contribution in [1.29, 1.82) is 0 Å². The molecular formula is C12H22N4O. The van der Waals surface area contributed by atoms with Gasteiger partial charge in [0.15, 0.2) is 0 Å². The first kappa shape index (κ1) is 13.7. The van der Waals surface area contributed by atoms with Crippen LogP contribution in [0.15, 0.2) is 10.9 Å². The van der Waals surface area contributed by atoms with Crippen molar-refractivity contribution >= 4 is 5.82 Å². The molecule has 0 saturated carbocycles. The lowest BCUT2D eigenvalue weighted by Gasteiger charge is -2.17. The largest absolute Gasteiger partial charge is 0.366 e. The van der Waals surface area contributed by atoms with Crippen LogP contribution in [0.1, 0.15) is 38.9 Å². The third-order valence-electron chi connectivity index (χ3n) is 2.67. The Bertz CT molecular complexity index is 388. The number of hydrogen-bond donors (Lipinski definition) is 3. The van der Waals surface area contributed by atoms with Gasteiger partial charge in [-0.2, -0.15) is 0 Å². The molecule has 0 saturated heterocycles. The average Bonchev–Trinajstić information content (AvgIpc) is 2.33. The summed E-state index contributed by atoms with van der Waals surface area (Å²) in [5.41, 5.74) is 5.57. The van der Waals surface area contributed by atoms with Crippen LogP contribution < -0.4 is 16.6 Å². The molecule has 1 aromatic heterocycles. The summed E-state index contributed by atoms with van der Waals surface area (Å²) < 4.78 is 0. The minimum atomic E-state index is -0.120. The molecule has 0 aromatic carbocycles. The molecule has 0 radical (unpaired) electrons. The molecular weight excluding hydrogens is 216 g/mol. The second-order valence-electron chi connectivity index (χ2n) is 4.15. The summed E-state index contributed by atoms with van der Waals surface area (Å²) in [7, 11) is 0. The Morgan fingerprint density at radius 3 is 2.88 bits per heavy atom. The number of H-pyrrole nitrogens is 1. The molecule has 4 N–H and O–H groups in total. The van der Waals surface area contributed by atoms with Gasteiger partial charge in [0.2, 0.25) is 0 Å². The van der Waals surface area contributed by atoms with E-state index in [4.69, 9.17) is 5.73 Å². The summed E-state index contributed by atoms with van der Waals surface area (Å²) in [5, 5.41) is 3.22. The number of aryl methyl sites for hydroxylation is 1. The number of unbranched alkanes of at least 4 members (excludes halogenated alkanes) is 1. The number of aromatic nitrogens is 2.